The van der Waals surface area contributed by atoms with E-state index in [1.54, 1.807) is 28.9 Å². The molecule has 1 aliphatic rings. The maximum absolute atomic E-state index is 15.0. The average Bonchev–Trinajstić information content (AvgIpc) is 3.16. The van der Waals surface area contributed by atoms with Crippen LogP contribution >= 0.6 is 24.8 Å². The van der Waals surface area contributed by atoms with Crippen molar-refractivity contribution in [1.29, 1.82) is 0 Å². The lowest BCUT2D eigenvalue weighted by Gasteiger charge is -2.48. The maximum atomic E-state index is 15.0. The molecule has 198 valence electrons. The lowest BCUT2D eigenvalue weighted by molar-refractivity contribution is -0.0281. The Morgan fingerprint density at radius 3 is 2.49 bits per heavy atom. The van der Waals surface area contributed by atoms with Crippen LogP contribution in [0.15, 0.2) is 42.7 Å². The molecule has 0 aliphatic carbocycles. The molecule has 0 aromatic carbocycles. The van der Waals surface area contributed by atoms with Crippen molar-refractivity contribution in [2.75, 3.05) is 0 Å². The summed E-state index contributed by atoms with van der Waals surface area (Å²) in [5, 5.41) is 26.7. The number of aryl methyl sites for hydroxylation is 1. The fourth-order valence-corrected chi connectivity index (χ4v) is 4.77. The molecular weight excluding hydrogens is 520 g/mol. The second-order valence-corrected chi connectivity index (χ2v) is 10.2. The van der Waals surface area contributed by atoms with Gasteiger partial charge in [-0.3, -0.25) is 0 Å². The summed E-state index contributed by atoms with van der Waals surface area (Å²) in [6.45, 7) is 9.59. The Labute approximate surface area is 226 Å². The number of piperidine rings is 1. The fraction of sp³-hybridized carbons (Fsp3) is 0.400. The molecule has 0 bridgehead atoms. The molecule has 0 unspecified atom stereocenters. The monoisotopic (exact) mass is 549 g/mol. The topological polar surface area (TPSA) is 110 Å². The highest BCUT2D eigenvalue weighted by atomic mass is 35.5. The fourth-order valence-electron chi connectivity index (χ4n) is 4.77. The summed E-state index contributed by atoms with van der Waals surface area (Å²) in [6.07, 6.45) is 2.07. The molecule has 0 amide bonds. The van der Waals surface area contributed by atoms with E-state index in [2.05, 4.69) is 30.6 Å². The molecule has 2 atom stereocenters. The minimum atomic E-state index is -1.21. The van der Waals surface area contributed by atoms with Crippen LogP contribution in [0.25, 0.3) is 28.3 Å². The highest BCUT2D eigenvalue weighted by Gasteiger charge is 2.47. The SMILES string of the molecule is Cc1cn2nc(-c3cnc(-c4ccc(O[C@H]5CC(C)(C)NC(C)(C)[C@H]5F)nn4)c(O)c3)ccc2n1.Cl.Cl. The summed E-state index contributed by atoms with van der Waals surface area (Å²) in [4.78, 5) is 8.75. The van der Waals surface area contributed by atoms with E-state index in [1.807, 2.05) is 52.9 Å². The summed E-state index contributed by atoms with van der Waals surface area (Å²) in [5.74, 6) is 0.166. The van der Waals surface area contributed by atoms with Crippen LogP contribution in [0.4, 0.5) is 4.39 Å². The van der Waals surface area contributed by atoms with Crippen LogP contribution in [0.3, 0.4) is 0 Å². The third-order valence-electron chi connectivity index (χ3n) is 6.15. The molecule has 1 aliphatic heterocycles. The number of hydrogen-bond donors (Lipinski definition) is 2. The van der Waals surface area contributed by atoms with Crippen LogP contribution in [-0.2, 0) is 0 Å². The molecule has 4 aromatic heterocycles. The summed E-state index contributed by atoms with van der Waals surface area (Å²) < 4.78 is 22.6. The van der Waals surface area contributed by atoms with Crippen LogP contribution in [0.1, 0.15) is 39.8 Å². The van der Waals surface area contributed by atoms with Gasteiger partial charge < -0.3 is 15.2 Å². The van der Waals surface area contributed by atoms with Crippen molar-refractivity contribution in [1.82, 2.24) is 35.1 Å². The number of fused-ring (bicyclic) bond motifs is 1. The molecule has 5 heterocycles. The van der Waals surface area contributed by atoms with Crippen LogP contribution in [0, 0.1) is 6.92 Å². The summed E-state index contributed by atoms with van der Waals surface area (Å²) in [7, 11) is 0. The first-order valence-electron chi connectivity index (χ1n) is 11.5. The first kappa shape index (κ1) is 28.5. The van der Waals surface area contributed by atoms with Gasteiger partial charge in [-0.05, 0) is 58.9 Å². The predicted octanol–water partition coefficient (Wildman–Crippen LogP) is 4.74. The van der Waals surface area contributed by atoms with Crippen molar-refractivity contribution in [3.05, 3.63) is 48.4 Å². The molecule has 9 nitrogen and oxygen atoms in total. The van der Waals surface area contributed by atoms with E-state index < -0.39 is 17.8 Å². The van der Waals surface area contributed by atoms with Crippen LogP contribution in [0.5, 0.6) is 11.6 Å². The Balaban J connectivity index is 0.00000190. The molecule has 2 N–H and O–H groups in total. The molecule has 1 fully saturated rings. The van der Waals surface area contributed by atoms with Gasteiger partial charge in [0.1, 0.15) is 23.2 Å². The van der Waals surface area contributed by atoms with Gasteiger partial charge in [0.2, 0.25) is 5.88 Å². The number of imidazole rings is 1. The van der Waals surface area contributed by atoms with Crippen molar-refractivity contribution in [3.8, 4) is 34.3 Å². The Hall–Kier alpha value is -3.08. The van der Waals surface area contributed by atoms with Gasteiger partial charge in [0.25, 0.3) is 0 Å². The number of rotatable bonds is 4. The maximum Gasteiger partial charge on any atom is 0.233 e. The van der Waals surface area contributed by atoms with Gasteiger partial charge in [0.15, 0.2) is 11.8 Å². The average molecular weight is 550 g/mol. The number of nitrogens with zero attached hydrogens (tertiary/aromatic N) is 6. The van der Waals surface area contributed by atoms with Crippen molar-refractivity contribution in [2.24, 2.45) is 0 Å². The number of pyridine rings is 1. The van der Waals surface area contributed by atoms with Gasteiger partial charge >= 0.3 is 0 Å². The minimum Gasteiger partial charge on any atom is -0.506 e. The number of aromatic hydroxyl groups is 1. The van der Waals surface area contributed by atoms with Gasteiger partial charge in [-0.1, -0.05) is 0 Å². The molecule has 12 heteroatoms. The van der Waals surface area contributed by atoms with Crippen LogP contribution in [0.2, 0.25) is 0 Å². The van der Waals surface area contributed by atoms with E-state index in [4.69, 9.17) is 4.74 Å². The van der Waals surface area contributed by atoms with Gasteiger partial charge in [0.05, 0.1) is 17.6 Å². The second-order valence-electron chi connectivity index (χ2n) is 10.2. The largest absolute Gasteiger partial charge is 0.506 e. The van der Waals surface area contributed by atoms with E-state index in [-0.39, 0.29) is 47.7 Å². The second kappa shape index (κ2) is 10.4. The molecule has 37 heavy (non-hydrogen) atoms. The van der Waals surface area contributed by atoms with E-state index in [9.17, 15) is 5.11 Å². The van der Waals surface area contributed by atoms with E-state index >= 15 is 4.39 Å². The summed E-state index contributed by atoms with van der Waals surface area (Å²) in [6, 6.07) is 8.53. The summed E-state index contributed by atoms with van der Waals surface area (Å²) >= 11 is 0. The first-order chi connectivity index (χ1) is 16.5. The highest BCUT2D eigenvalue weighted by Crippen LogP contribution is 2.34. The van der Waals surface area contributed by atoms with Crippen molar-refractivity contribution >= 4 is 30.5 Å². The Kier molecular flexibility index (Phi) is 7.97. The van der Waals surface area contributed by atoms with Crippen molar-refractivity contribution in [3.63, 3.8) is 0 Å². The first-order valence-corrected chi connectivity index (χ1v) is 11.5. The van der Waals surface area contributed by atoms with Gasteiger partial charge in [-0.25, -0.2) is 18.9 Å². The van der Waals surface area contributed by atoms with Gasteiger partial charge in [0, 0.05) is 35.3 Å². The Morgan fingerprint density at radius 1 is 1.08 bits per heavy atom. The minimum absolute atomic E-state index is 0. The van der Waals surface area contributed by atoms with E-state index in [0.29, 0.717) is 23.4 Å². The van der Waals surface area contributed by atoms with Gasteiger partial charge in [-0.15, -0.1) is 35.0 Å². The normalized spacial score (nSPS) is 20.1. The zero-order valence-electron chi connectivity index (χ0n) is 21.1. The lowest BCUT2D eigenvalue weighted by Crippen LogP contribution is -2.66. The lowest BCUT2D eigenvalue weighted by atomic mass is 9.79. The molecule has 4 aromatic rings. The molecular formula is C25H30Cl2FN7O2. The number of hydrogen-bond acceptors (Lipinski definition) is 8. The predicted molar refractivity (Wildman–Crippen MR) is 143 cm³/mol. The molecule has 0 radical (unpaired) electrons. The summed E-state index contributed by atoms with van der Waals surface area (Å²) in [5.41, 5.74) is 2.55. The highest BCUT2D eigenvalue weighted by molar-refractivity contribution is 5.85. The zero-order valence-corrected chi connectivity index (χ0v) is 22.8. The molecule has 1 saturated heterocycles. The third kappa shape index (κ3) is 5.76. The van der Waals surface area contributed by atoms with Crippen LogP contribution in [-0.4, -0.2) is 58.2 Å². The van der Waals surface area contributed by atoms with E-state index in [1.165, 1.54) is 0 Å². The molecule has 0 saturated carbocycles. The smallest absolute Gasteiger partial charge is 0.233 e. The molecule has 0 spiro atoms. The zero-order chi connectivity index (χ0) is 25.0. The molecule has 5 rings (SSSR count). The Bertz CT molecular complexity index is 1400. The number of halogens is 3. The van der Waals surface area contributed by atoms with Crippen molar-refractivity contribution in [2.45, 2.75) is 64.4 Å². The van der Waals surface area contributed by atoms with Crippen LogP contribution < -0.4 is 10.1 Å². The number of aromatic nitrogens is 6. The quantitative estimate of drug-likeness (QED) is 0.375. The number of alkyl halides is 1. The standard InChI is InChI=1S/C25H28FN7O2.2ClH/c1-14-13-33-20(28-14)8-6-16(31-33)15-10-18(34)22(27-12-15)17-7-9-21(30-29-17)35-19-11-24(2,3)32-25(4,5)23(19)26;;/h6-10,12-13,19,23,32,34H,11H2,1-5H3;2*1H/t19-,23-;;/m0../s1. The van der Waals surface area contributed by atoms with Crippen molar-refractivity contribution < 1.29 is 14.2 Å². The van der Waals surface area contributed by atoms with Gasteiger partial charge in [-0.2, -0.15) is 5.10 Å². The van der Waals surface area contributed by atoms with E-state index in [0.717, 1.165) is 11.3 Å². The number of ether oxygens (including phenoxy) is 1. The Morgan fingerprint density at radius 2 is 1.81 bits per heavy atom. The third-order valence-corrected chi connectivity index (χ3v) is 6.15. The number of nitrogens with one attached hydrogen (secondary N) is 1.